The molecule has 4 heteroatoms. The van der Waals surface area contributed by atoms with E-state index in [0.29, 0.717) is 12.8 Å². The van der Waals surface area contributed by atoms with Gasteiger partial charge in [0.25, 0.3) is 0 Å². The Hall–Kier alpha value is -0.900. The fraction of sp³-hybridized carbons (Fsp3) is 0.857. The van der Waals surface area contributed by atoms with Crippen LogP contribution in [0.4, 0.5) is 0 Å². The number of nitrogens with zero attached hydrogens (tertiary/aromatic N) is 1. The van der Waals surface area contributed by atoms with Crippen molar-refractivity contribution in [3.05, 3.63) is 0 Å². The Balaban J connectivity index is 2.16. The summed E-state index contributed by atoms with van der Waals surface area (Å²) in [6.07, 6.45) is 5.25. The molecule has 1 spiro atoms. The molecule has 1 atom stereocenters. The third-order valence-electron chi connectivity index (χ3n) is 4.54. The number of hydrogen-bond acceptors (Lipinski definition) is 3. The van der Waals surface area contributed by atoms with Gasteiger partial charge in [0.2, 0.25) is 11.8 Å². The molecule has 2 aliphatic rings. The van der Waals surface area contributed by atoms with Crippen molar-refractivity contribution in [3.63, 3.8) is 0 Å². The molecular weight excluding hydrogens is 230 g/mol. The number of likely N-dealkylation sites (tertiary alicyclic amines) is 1. The molecule has 0 aromatic heterocycles. The van der Waals surface area contributed by atoms with Crippen LogP contribution in [-0.2, 0) is 9.59 Å². The average molecular weight is 253 g/mol. The lowest BCUT2D eigenvalue weighted by Crippen LogP contribution is -2.54. The van der Waals surface area contributed by atoms with Crippen molar-refractivity contribution in [2.45, 2.75) is 58.4 Å². The lowest BCUT2D eigenvalue weighted by Gasteiger charge is -2.41. The topological polar surface area (TPSA) is 57.6 Å². The van der Waals surface area contributed by atoms with Crippen LogP contribution in [0.1, 0.15) is 52.4 Å². The van der Waals surface area contributed by atoms with Crippen LogP contribution >= 0.6 is 0 Å². The maximum absolute atomic E-state index is 12.3. The summed E-state index contributed by atoms with van der Waals surface area (Å²) >= 11 is 0. The number of carbonyl (C=O) groups excluding carboxylic acids is 2. The predicted octanol–water partition coefficient (Wildman–Crippen LogP) is 1.71. The zero-order valence-electron chi connectivity index (χ0n) is 11.3. The molecule has 2 fully saturated rings. The van der Waals surface area contributed by atoms with Crippen LogP contribution < -0.4 is 0 Å². The molecule has 1 saturated carbocycles. The summed E-state index contributed by atoms with van der Waals surface area (Å²) in [5.41, 5.74) is -0.0539. The fourth-order valence-electron chi connectivity index (χ4n) is 3.45. The molecule has 1 unspecified atom stereocenters. The van der Waals surface area contributed by atoms with Crippen LogP contribution in [0.2, 0.25) is 0 Å². The Bertz CT molecular complexity index is 325. The molecule has 2 rings (SSSR count). The summed E-state index contributed by atoms with van der Waals surface area (Å²) in [7, 11) is 0. The number of piperidine rings is 1. The molecule has 0 radical (unpaired) electrons. The molecular formula is C14H23NO3. The minimum absolute atomic E-state index is 0.0539. The van der Waals surface area contributed by atoms with Gasteiger partial charge >= 0.3 is 0 Å². The number of imide groups is 1. The SMILES string of the molecule is CC(C)C(CO)N1C(=O)CC2(CCCC2)CC1=O. The van der Waals surface area contributed by atoms with Gasteiger partial charge in [-0.15, -0.1) is 0 Å². The largest absolute Gasteiger partial charge is 0.394 e. The number of aliphatic hydroxyl groups excluding tert-OH is 1. The Morgan fingerprint density at radius 2 is 1.67 bits per heavy atom. The van der Waals surface area contributed by atoms with E-state index in [1.165, 1.54) is 4.90 Å². The third-order valence-corrected chi connectivity index (χ3v) is 4.54. The van der Waals surface area contributed by atoms with Gasteiger partial charge in [0, 0.05) is 12.8 Å². The molecule has 4 nitrogen and oxygen atoms in total. The molecule has 1 heterocycles. The molecule has 1 saturated heterocycles. The number of carbonyl (C=O) groups is 2. The molecule has 1 aliphatic carbocycles. The highest BCUT2D eigenvalue weighted by molar-refractivity contribution is 5.99. The number of amides is 2. The quantitative estimate of drug-likeness (QED) is 0.779. The van der Waals surface area contributed by atoms with Gasteiger partial charge in [-0.2, -0.15) is 0 Å². The van der Waals surface area contributed by atoms with Crippen molar-refractivity contribution >= 4 is 11.8 Å². The van der Waals surface area contributed by atoms with Crippen LogP contribution in [0, 0.1) is 11.3 Å². The van der Waals surface area contributed by atoms with Crippen molar-refractivity contribution in [2.75, 3.05) is 6.61 Å². The Kier molecular flexibility index (Phi) is 3.76. The zero-order valence-corrected chi connectivity index (χ0v) is 11.3. The molecule has 0 bridgehead atoms. The van der Waals surface area contributed by atoms with Crippen LogP contribution in [0.3, 0.4) is 0 Å². The van der Waals surface area contributed by atoms with Crippen LogP contribution in [0.5, 0.6) is 0 Å². The highest BCUT2D eigenvalue weighted by atomic mass is 16.3. The molecule has 2 amide bonds. The highest BCUT2D eigenvalue weighted by Gasteiger charge is 2.47. The van der Waals surface area contributed by atoms with E-state index in [2.05, 4.69) is 0 Å². The number of hydrogen-bond donors (Lipinski definition) is 1. The Labute approximate surface area is 108 Å². The van der Waals surface area contributed by atoms with E-state index in [-0.39, 0.29) is 35.8 Å². The van der Waals surface area contributed by atoms with E-state index in [1.54, 1.807) is 0 Å². The molecule has 0 aromatic carbocycles. The molecule has 102 valence electrons. The van der Waals surface area contributed by atoms with Crippen LogP contribution in [0.25, 0.3) is 0 Å². The number of aliphatic hydroxyl groups is 1. The minimum atomic E-state index is -0.358. The van der Waals surface area contributed by atoms with Gasteiger partial charge in [0.15, 0.2) is 0 Å². The van der Waals surface area contributed by atoms with Gasteiger partial charge in [-0.1, -0.05) is 26.7 Å². The molecule has 1 N–H and O–H groups in total. The standard InChI is InChI=1S/C14H23NO3/c1-10(2)11(9-16)15-12(17)7-14(8-13(15)18)5-3-4-6-14/h10-11,16H,3-9H2,1-2H3. The Morgan fingerprint density at radius 1 is 1.17 bits per heavy atom. The molecule has 18 heavy (non-hydrogen) atoms. The monoisotopic (exact) mass is 253 g/mol. The predicted molar refractivity (Wildman–Crippen MR) is 67.7 cm³/mol. The first-order valence-corrected chi connectivity index (χ1v) is 6.95. The van der Waals surface area contributed by atoms with Crippen molar-refractivity contribution in [2.24, 2.45) is 11.3 Å². The van der Waals surface area contributed by atoms with E-state index < -0.39 is 0 Å². The van der Waals surface area contributed by atoms with E-state index in [4.69, 9.17) is 0 Å². The van der Waals surface area contributed by atoms with Gasteiger partial charge in [0.1, 0.15) is 0 Å². The zero-order chi connectivity index (χ0) is 13.3. The smallest absolute Gasteiger partial charge is 0.230 e. The van der Waals surface area contributed by atoms with E-state index in [1.807, 2.05) is 13.8 Å². The van der Waals surface area contributed by atoms with Gasteiger partial charge in [-0.3, -0.25) is 14.5 Å². The van der Waals surface area contributed by atoms with Crippen LogP contribution in [-0.4, -0.2) is 34.5 Å². The van der Waals surface area contributed by atoms with Crippen molar-refractivity contribution in [1.82, 2.24) is 4.90 Å². The van der Waals surface area contributed by atoms with Crippen molar-refractivity contribution in [1.29, 1.82) is 0 Å². The van der Waals surface area contributed by atoms with Gasteiger partial charge in [0.05, 0.1) is 12.6 Å². The lowest BCUT2D eigenvalue weighted by molar-refractivity contribution is -0.158. The maximum atomic E-state index is 12.3. The number of rotatable bonds is 3. The van der Waals surface area contributed by atoms with E-state index in [0.717, 1.165) is 25.7 Å². The summed E-state index contributed by atoms with van der Waals surface area (Å²) in [6.45, 7) is 3.73. The second-order valence-electron chi connectivity index (χ2n) is 6.21. The second-order valence-corrected chi connectivity index (χ2v) is 6.21. The van der Waals surface area contributed by atoms with Gasteiger partial charge in [-0.05, 0) is 24.2 Å². The van der Waals surface area contributed by atoms with Gasteiger partial charge in [-0.25, -0.2) is 0 Å². The summed E-state index contributed by atoms with van der Waals surface area (Å²) in [5, 5.41) is 9.39. The average Bonchev–Trinajstić information content (AvgIpc) is 2.70. The van der Waals surface area contributed by atoms with Crippen LogP contribution in [0.15, 0.2) is 0 Å². The van der Waals surface area contributed by atoms with Crippen molar-refractivity contribution in [3.8, 4) is 0 Å². The Morgan fingerprint density at radius 3 is 2.06 bits per heavy atom. The van der Waals surface area contributed by atoms with Gasteiger partial charge < -0.3 is 5.11 Å². The third kappa shape index (κ3) is 2.30. The lowest BCUT2D eigenvalue weighted by atomic mass is 9.75. The molecule has 1 aliphatic heterocycles. The minimum Gasteiger partial charge on any atom is -0.394 e. The first kappa shape index (κ1) is 13.5. The highest BCUT2D eigenvalue weighted by Crippen LogP contribution is 2.47. The second kappa shape index (κ2) is 5.00. The summed E-state index contributed by atoms with van der Waals surface area (Å²) in [4.78, 5) is 25.9. The first-order valence-electron chi connectivity index (χ1n) is 6.95. The summed E-state index contributed by atoms with van der Waals surface area (Å²) in [6, 6.07) is -0.358. The van der Waals surface area contributed by atoms with E-state index in [9.17, 15) is 14.7 Å². The van der Waals surface area contributed by atoms with Crippen molar-refractivity contribution < 1.29 is 14.7 Å². The summed E-state index contributed by atoms with van der Waals surface area (Å²) in [5.74, 6) is -0.0673. The maximum Gasteiger partial charge on any atom is 0.230 e. The van der Waals surface area contributed by atoms with E-state index >= 15 is 0 Å². The normalized spacial score (nSPS) is 25.2. The summed E-state index contributed by atoms with van der Waals surface area (Å²) < 4.78 is 0. The fourth-order valence-corrected chi connectivity index (χ4v) is 3.45. The first-order chi connectivity index (χ1) is 8.49. The molecule has 0 aromatic rings.